The van der Waals surface area contributed by atoms with Crippen LogP contribution in [-0.2, 0) is 24.4 Å². The summed E-state index contributed by atoms with van der Waals surface area (Å²) in [6.07, 6.45) is 2.93. The number of tetrazole rings is 1. The van der Waals surface area contributed by atoms with Crippen molar-refractivity contribution < 1.29 is 14.2 Å². The average molecular weight is 531 g/mol. The van der Waals surface area contributed by atoms with Gasteiger partial charge in [-0.05, 0) is 78.4 Å². The van der Waals surface area contributed by atoms with Gasteiger partial charge in [0.05, 0.1) is 24.2 Å². The monoisotopic (exact) mass is 530 g/mol. The number of aromatic amines is 1. The van der Waals surface area contributed by atoms with Crippen molar-refractivity contribution in [3.8, 4) is 11.5 Å². The lowest BCUT2D eigenvalue weighted by molar-refractivity contribution is 0.0888. The third-order valence-corrected chi connectivity index (χ3v) is 7.80. The van der Waals surface area contributed by atoms with Crippen LogP contribution in [0.1, 0.15) is 60.3 Å². The second-order valence-corrected chi connectivity index (χ2v) is 10.5. The Morgan fingerprint density at radius 1 is 1.10 bits per heavy atom. The second-order valence-electron chi connectivity index (χ2n) is 10.5. The lowest BCUT2D eigenvalue weighted by Crippen LogP contribution is -2.33. The predicted octanol–water partition coefficient (Wildman–Crippen LogP) is 4.19. The van der Waals surface area contributed by atoms with Crippen LogP contribution in [0.5, 0.6) is 11.5 Å². The standard InChI is InChI=1S/C29H34N6O4/c1-4-24(28-31-32-33-35(28)16-22-6-5-11-37-22)34(14-20-9-10-25-26(12-20)39-17-38-25)15-21-13-23-18(2)7-8-19(3)27(23)30-29(21)36/h7-10,12-13,22,24H,4-6,11,14-17H2,1-3H3,(H,30,36)/t22-,24-/m0/s1. The Labute approximate surface area is 226 Å². The molecule has 0 radical (unpaired) electrons. The Balaban J connectivity index is 1.38. The fourth-order valence-electron chi connectivity index (χ4n) is 5.67. The first-order valence-electron chi connectivity index (χ1n) is 13.6. The van der Waals surface area contributed by atoms with Crippen LogP contribution in [0.25, 0.3) is 10.9 Å². The van der Waals surface area contributed by atoms with Crippen LogP contribution in [-0.4, -0.2) is 49.6 Å². The SMILES string of the molecule is CC[C@@H](c1nnnn1C[C@@H]1CCCO1)N(Cc1ccc2c(c1)OCO2)Cc1cc2c(C)ccc(C)c2[nH]c1=O. The van der Waals surface area contributed by atoms with E-state index in [1.807, 2.05) is 41.9 Å². The summed E-state index contributed by atoms with van der Waals surface area (Å²) in [5.41, 5.74) is 4.74. The normalized spacial score (nSPS) is 17.4. The zero-order chi connectivity index (χ0) is 26.9. The molecule has 0 unspecified atom stereocenters. The number of benzene rings is 2. The molecule has 4 heterocycles. The molecule has 1 N–H and O–H groups in total. The number of pyridine rings is 1. The Kier molecular flexibility index (Phi) is 7.05. The van der Waals surface area contributed by atoms with E-state index in [1.165, 1.54) is 0 Å². The van der Waals surface area contributed by atoms with E-state index in [4.69, 9.17) is 14.2 Å². The summed E-state index contributed by atoms with van der Waals surface area (Å²) in [7, 11) is 0. The molecule has 0 bridgehead atoms. The first-order chi connectivity index (χ1) is 19.0. The van der Waals surface area contributed by atoms with Gasteiger partial charge in [0, 0.05) is 30.6 Å². The number of H-pyrrole nitrogens is 1. The molecule has 204 valence electrons. The zero-order valence-corrected chi connectivity index (χ0v) is 22.6. The maximum Gasteiger partial charge on any atom is 0.252 e. The van der Waals surface area contributed by atoms with Gasteiger partial charge in [0.25, 0.3) is 5.56 Å². The molecule has 1 saturated heterocycles. The third kappa shape index (κ3) is 5.14. The molecule has 2 atom stereocenters. The molecule has 2 aromatic carbocycles. The number of nitrogens with one attached hydrogen (secondary N) is 1. The molecule has 2 aliphatic heterocycles. The van der Waals surface area contributed by atoms with Crippen LogP contribution in [0.2, 0.25) is 0 Å². The minimum Gasteiger partial charge on any atom is -0.454 e. The quantitative estimate of drug-likeness (QED) is 0.343. The highest BCUT2D eigenvalue weighted by atomic mass is 16.7. The minimum absolute atomic E-state index is 0.0827. The van der Waals surface area contributed by atoms with Gasteiger partial charge in [-0.25, -0.2) is 4.68 Å². The Bertz CT molecular complexity index is 1540. The van der Waals surface area contributed by atoms with Gasteiger partial charge in [-0.15, -0.1) is 5.10 Å². The number of rotatable bonds is 9. The molecule has 2 aromatic heterocycles. The molecule has 0 amide bonds. The summed E-state index contributed by atoms with van der Waals surface area (Å²) < 4.78 is 18.9. The largest absolute Gasteiger partial charge is 0.454 e. The van der Waals surface area contributed by atoms with Gasteiger partial charge in [0.2, 0.25) is 6.79 Å². The van der Waals surface area contributed by atoms with E-state index >= 15 is 0 Å². The average Bonchev–Trinajstić information content (AvgIpc) is 3.71. The summed E-state index contributed by atoms with van der Waals surface area (Å²) in [4.78, 5) is 18.8. The molecule has 1 fully saturated rings. The predicted molar refractivity (Wildman–Crippen MR) is 146 cm³/mol. The van der Waals surface area contributed by atoms with Gasteiger partial charge in [-0.1, -0.05) is 25.1 Å². The molecule has 39 heavy (non-hydrogen) atoms. The van der Waals surface area contributed by atoms with E-state index in [2.05, 4.69) is 45.3 Å². The van der Waals surface area contributed by atoms with E-state index in [0.29, 0.717) is 25.2 Å². The Morgan fingerprint density at radius 2 is 1.95 bits per heavy atom. The Hall–Kier alpha value is -3.76. The highest BCUT2D eigenvalue weighted by molar-refractivity contribution is 5.85. The highest BCUT2D eigenvalue weighted by Gasteiger charge is 2.28. The zero-order valence-electron chi connectivity index (χ0n) is 22.6. The summed E-state index contributed by atoms with van der Waals surface area (Å²) in [5, 5.41) is 13.9. The summed E-state index contributed by atoms with van der Waals surface area (Å²) in [6, 6.07) is 12.0. The van der Waals surface area contributed by atoms with Crippen LogP contribution < -0.4 is 15.0 Å². The van der Waals surface area contributed by atoms with Crippen molar-refractivity contribution in [3.63, 3.8) is 0 Å². The van der Waals surface area contributed by atoms with Crippen LogP contribution in [0, 0.1) is 13.8 Å². The van der Waals surface area contributed by atoms with Gasteiger partial charge < -0.3 is 19.2 Å². The molecule has 0 aliphatic carbocycles. The van der Waals surface area contributed by atoms with Crippen molar-refractivity contribution in [3.05, 3.63) is 74.8 Å². The maximum atomic E-state index is 13.4. The lowest BCUT2D eigenvalue weighted by atomic mass is 10.0. The lowest BCUT2D eigenvalue weighted by Gasteiger charge is -2.30. The smallest absolute Gasteiger partial charge is 0.252 e. The van der Waals surface area contributed by atoms with E-state index in [-0.39, 0.29) is 24.5 Å². The van der Waals surface area contributed by atoms with E-state index < -0.39 is 0 Å². The van der Waals surface area contributed by atoms with Gasteiger partial charge in [-0.2, -0.15) is 0 Å². The van der Waals surface area contributed by atoms with Crippen LogP contribution in [0.3, 0.4) is 0 Å². The number of hydrogen-bond acceptors (Lipinski definition) is 8. The van der Waals surface area contributed by atoms with Crippen LogP contribution >= 0.6 is 0 Å². The maximum absolute atomic E-state index is 13.4. The van der Waals surface area contributed by atoms with Crippen molar-refractivity contribution >= 4 is 10.9 Å². The van der Waals surface area contributed by atoms with Crippen molar-refractivity contribution in [1.82, 2.24) is 30.1 Å². The molecule has 0 spiro atoms. The molecule has 10 nitrogen and oxygen atoms in total. The van der Waals surface area contributed by atoms with Crippen molar-refractivity contribution in [2.45, 2.75) is 71.8 Å². The summed E-state index contributed by atoms with van der Waals surface area (Å²) >= 11 is 0. The van der Waals surface area contributed by atoms with Crippen LogP contribution in [0.15, 0.2) is 41.2 Å². The Morgan fingerprint density at radius 3 is 2.77 bits per heavy atom. The molecule has 6 rings (SSSR count). The van der Waals surface area contributed by atoms with E-state index in [9.17, 15) is 4.79 Å². The molecular formula is C29H34N6O4. The summed E-state index contributed by atoms with van der Waals surface area (Å²) in [5.74, 6) is 2.26. The number of aryl methyl sites for hydroxylation is 2. The fourth-order valence-corrected chi connectivity index (χ4v) is 5.67. The molecule has 10 heteroatoms. The van der Waals surface area contributed by atoms with Gasteiger partial charge in [0.1, 0.15) is 0 Å². The number of fused-ring (bicyclic) bond motifs is 2. The fraction of sp³-hybridized carbons (Fsp3) is 0.448. The third-order valence-electron chi connectivity index (χ3n) is 7.80. The van der Waals surface area contributed by atoms with Gasteiger partial charge in [0.15, 0.2) is 17.3 Å². The van der Waals surface area contributed by atoms with Crippen molar-refractivity contribution in [2.24, 2.45) is 0 Å². The van der Waals surface area contributed by atoms with Crippen molar-refractivity contribution in [2.75, 3.05) is 13.4 Å². The minimum atomic E-state index is -0.125. The topological polar surface area (TPSA) is 107 Å². The first-order valence-corrected chi connectivity index (χ1v) is 13.6. The second kappa shape index (κ2) is 10.8. The highest BCUT2D eigenvalue weighted by Crippen LogP contribution is 2.34. The number of ether oxygens (including phenoxy) is 3. The molecule has 4 aromatic rings. The number of aromatic nitrogens is 5. The van der Waals surface area contributed by atoms with E-state index in [1.54, 1.807) is 0 Å². The van der Waals surface area contributed by atoms with Crippen molar-refractivity contribution in [1.29, 1.82) is 0 Å². The van der Waals surface area contributed by atoms with Gasteiger partial charge >= 0.3 is 0 Å². The molecule has 2 aliphatic rings. The molecule has 0 saturated carbocycles. The van der Waals surface area contributed by atoms with Crippen LogP contribution in [0.4, 0.5) is 0 Å². The first kappa shape index (κ1) is 25.5. The summed E-state index contributed by atoms with van der Waals surface area (Å²) in [6.45, 7) is 8.84. The number of hydrogen-bond donors (Lipinski definition) is 1. The van der Waals surface area contributed by atoms with E-state index in [0.717, 1.165) is 70.8 Å². The molecular weight excluding hydrogens is 496 g/mol. The number of nitrogens with zero attached hydrogens (tertiary/aromatic N) is 5. The van der Waals surface area contributed by atoms with Gasteiger partial charge in [-0.3, -0.25) is 9.69 Å².